The molecule has 3 nitrogen and oxygen atoms in total. The fourth-order valence-electron chi connectivity index (χ4n) is 1.78. The fraction of sp³-hybridized carbons (Fsp3) is 1.00. The Balaban J connectivity index is 4.43. The summed E-state index contributed by atoms with van der Waals surface area (Å²) in [7, 11) is 0. The zero-order valence-electron chi connectivity index (χ0n) is 10.3. The molecule has 3 heteroatoms. The third-order valence-corrected chi connectivity index (χ3v) is 2.38. The lowest BCUT2D eigenvalue weighted by atomic mass is 9.83. The van der Waals surface area contributed by atoms with Crippen LogP contribution in [0.2, 0.25) is 0 Å². The Kier molecular flexibility index (Phi) is 6.33. The Bertz CT molecular complexity index is 143. The molecular formula is C11H26N2O. The standard InChI is InChI=1S/C11H26N2O/c1-6-8-9(13-12)10(14-7-2)11(3,4)5/h9-10,13H,6-8,12H2,1-5H3. The van der Waals surface area contributed by atoms with Gasteiger partial charge in [0.15, 0.2) is 0 Å². The summed E-state index contributed by atoms with van der Waals surface area (Å²) in [6, 6.07) is 0.250. The van der Waals surface area contributed by atoms with Crippen molar-refractivity contribution >= 4 is 0 Å². The molecule has 0 aromatic carbocycles. The molecule has 86 valence electrons. The summed E-state index contributed by atoms with van der Waals surface area (Å²) in [5, 5.41) is 0. The zero-order chi connectivity index (χ0) is 11.2. The van der Waals surface area contributed by atoms with Crippen LogP contribution in [0, 0.1) is 5.41 Å². The van der Waals surface area contributed by atoms with Crippen molar-refractivity contribution in [1.29, 1.82) is 0 Å². The predicted molar refractivity (Wildman–Crippen MR) is 60.9 cm³/mol. The van der Waals surface area contributed by atoms with Gasteiger partial charge in [-0.2, -0.15) is 0 Å². The molecule has 0 aromatic heterocycles. The molecule has 0 amide bonds. The molecule has 0 aliphatic heterocycles. The summed E-state index contributed by atoms with van der Waals surface area (Å²) < 4.78 is 5.77. The minimum atomic E-state index is 0.127. The minimum Gasteiger partial charge on any atom is -0.376 e. The summed E-state index contributed by atoms with van der Waals surface area (Å²) in [5.74, 6) is 5.56. The van der Waals surface area contributed by atoms with Gasteiger partial charge in [-0.1, -0.05) is 34.1 Å². The molecule has 3 N–H and O–H groups in total. The molecule has 14 heavy (non-hydrogen) atoms. The van der Waals surface area contributed by atoms with E-state index in [0.29, 0.717) is 0 Å². The van der Waals surface area contributed by atoms with Crippen molar-refractivity contribution in [3.05, 3.63) is 0 Å². The molecule has 0 bridgehead atoms. The number of nitrogens with two attached hydrogens (primary N) is 1. The van der Waals surface area contributed by atoms with Gasteiger partial charge in [0.05, 0.1) is 6.10 Å². The number of ether oxygens (including phenoxy) is 1. The summed E-state index contributed by atoms with van der Waals surface area (Å²) in [4.78, 5) is 0. The van der Waals surface area contributed by atoms with Crippen LogP contribution in [0.25, 0.3) is 0 Å². The van der Waals surface area contributed by atoms with Crippen LogP contribution in [0.1, 0.15) is 47.5 Å². The van der Waals surface area contributed by atoms with Gasteiger partial charge in [0.25, 0.3) is 0 Å². The van der Waals surface area contributed by atoms with Crippen LogP contribution in [0.5, 0.6) is 0 Å². The molecule has 2 atom stereocenters. The highest BCUT2D eigenvalue weighted by molar-refractivity contribution is 4.84. The van der Waals surface area contributed by atoms with Crippen LogP contribution in [0.3, 0.4) is 0 Å². The summed E-state index contributed by atoms with van der Waals surface area (Å²) >= 11 is 0. The molecule has 2 unspecified atom stereocenters. The molecule has 0 radical (unpaired) electrons. The topological polar surface area (TPSA) is 47.3 Å². The summed E-state index contributed by atoms with van der Waals surface area (Å²) in [6.07, 6.45) is 2.35. The SMILES string of the molecule is CCCC(NN)C(OCC)C(C)(C)C. The smallest absolute Gasteiger partial charge is 0.0789 e. The van der Waals surface area contributed by atoms with E-state index in [1.165, 1.54) is 0 Å². The van der Waals surface area contributed by atoms with Crippen LogP contribution in [-0.2, 0) is 4.74 Å². The molecule has 0 rings (SSSR count). The second-order valence-electron chi connectivity index (χ2n) is 4.80. The lowest BCUT2D eigenvalue weighted by molar-refractivity contribution is -0.0375. The molecule has 0 aliphatic carbocycles. The first kappa shape index (κ1) is 13.9. The van der Waals surface area contributed by atoms with E-state index in [1.54, 1.807) is 0 Å². The quantitative estimate of drug-likeness (QED) is 0.512. The van der Waals surface area contributed by atoms with Gasteiger partial charge in [-0.3, -0.25) is 11.3 Å². The molecule has 0 saturated heterocycles. The first-order chi connectivity index (χ1) is 6.47. The van der Waals surface area contributed by atoms with Crippen molar-refractivity contribution in [2.24, 2.45) is 11.3 Å². The maximum absolute atomic E-state index is 5.77. The van der Waals surface area contributed by atoms with E-state index in [0.717, 1.165) is 19.4 Å². The van der Waals surface area contributed by atoms with Gasteiger partial charge >= 0.3 is 0 Å². The molecule has 0 fully saturated rings. The van der Waals surface area contributed by atoms with Crippen molar-refractivity contribution in [3.8, 4) is 0 Å². The lowest BCUT2D eigenvalue weighted by Gasteiger charge is -2.36. The molecule has 0 aromatic rings. The third kappa shape index (κ3) is 4.40. The minimum absolute atomic E-state index is 0.127. The average molecular weight is 202 g/mol. The van der Waals surface area contributed by atoms with Crippen LogP contribution in [0.15, 0.2) is 0 Å². The number of hydrogen-bond acceptors (Lipinski definition) is 3. The Labute approximate surface area is 88.4 Å². The first-order valence-corrected chi connectivity index (χ1v) is 5.55. The molecule has 0 spiro atoms. The monoisotopic (exact) mass is 202 g/mol. The first-order valence-electron chi connectivity index (χ1n) is 5.55. The van der Waals surface area contributed by atoms with Crippen molar-refractivity contribution in [2.45, 2.75) is 59.6 Å². The lowest BCUT2D eigenvalue weighted by Crippen LogP contribution is -2.50. The summed E-state index contributed by atoms with van der Waals surface area (Å²) in [6.45, 7) is 11.5. The van der Waals surface area contributed by atoms with Crippen LogP contribution in [-0.4, -0.2) is 18.8 Å². The van der Waals surface area contributed by atoms with E-state index in [4.69, 9.17) is 10.6 Å². The maximum atomic E-state index is 5.77. The van der Waals surface area contributed by atoms with Crippen LogP contribution >= 0.6 is 0 Å². The molecule has 0 aliphatic rings. The average Bonchev–Trinajstić information content (AvgIpc) is 2.09. The second kappa shape index (κ2) is 6.38. The van der Waals surface area contributed by atoms with Gasteiger partial charge in [0.2, 0.25) is 0 Å². The Morgan fingerprint density at radius 3 is 2.14 bits per heavy atom. The van der Waals surface area contributed by atoms with Gasteiger partial charge in [0, 0.05) is 12.6 Å². The van der Waals surface area contributed by atoms with E-state index in [-0.39, 0.29) is 17.6 Å². The predicted octanol–water partition coefficient (Wildman–Crippen LogP) is 2.07. The van der Waals surface area contributed by atoms with Crippen molar-refractivity contribution < 1.29 is 4.74 Å². The van der Waals surface area contributed by atoms with Gasteiger partial charge in [0.1, 0.15) is 0 Å². The van der Waals surface area contributed by atoms with E-state index in [2.05, 4.69) is 33.1 Å². The Hall–Kier alpha value is -0.120. The van der Waals surface area contributed by atoms with Crippen molar-refractivity contribution in [1.82, 2.24) is 5.43 Å². The van der Waals surface area contributed by atoms with Gasteiger partial charge in [-0.25, -0.2) is 0 Å². The molecule has 0 saturated carbocycles. The number of hydrogen-bond donors (Lipinski definition) is 2. The van der Waals surface area contributed by atoms with Crippen molar-refractivity contribution in [3.63, 3.8) is 0 Å². The number of nitrogens with one attached hydrogen (secondary N) is 1. The molecule has 0 heterocycles. The Morgan fingerprint density at radius 2 is 1.86 bits per heavy atom. The number of hydrazine groups is 1. The van der Waals surface area contributed by atoms with Crippen LogP contribution < -0.4 is 11.3 Å². The second-order valence-corrected chi connectivity index (χ2v) is 4.80. The maximum Gasteiger partial charge on any atom is 0.0789 e. The highest BCUT2D eigenvalue weighted by Gasteiger charge is 2.31. The van der Waals surface area contributed by atoms with E-state index in [9.17, 15) is 0 Å². The van der Waals surface area contributed by atoms with Gasteiger partial charge in [-0.15, -0.1) is 0 Å². The normalized spacial score (nSPS) is 16.7. The fourth-order valence-corrected chi connectivity index (χ4v) is 1.78. The highest BCUT2D eigenvalue weighted by atomic mass is 16.5. The van der Waals surface area contributed by atoms with E-state index in [1.807, 2.05) is 6.92 Å². The molecular weight excluding hydrogens is 176 g/mol. The van der Waals surface area contributed by atoms with E-state index >= 15 is 0 Å². The zero-order valence-corrected chi connectivity index (χ0v) is 10.3. The number of rotatable bonds is 6. The largest absolute Gasteiger partial charge is 0.376 e. The van der Waals surface area contributed by atoms with Gasteiger partial charge < -0.3 is 4.74 Å². The van der Waals surface area contributed by atoms with Crippen molar-refractivity contribution in [2.75, 3.05) is 6.61 Å². The van der Waals surface area contributed by atoms with Gasteiger partial charge in [-0.05, 0) is 18.8 Å². The third-order valence-electron chi connectivity index (χ3n) is 2.38. The van der Waals surface area contributed by atoms with E-state index < -0.39 is 0 Å². The Morgan fingerprint density at radius 1 is 1.29 bits per heavy atom. The van der Waals surface area contributed by atoms with Crippen LogP contribution in [0.4, 0.5) is 0 Å². The highest BCUT2D eigenvalue weighted by Crippen LogP contribution is 2.26. The summed E-state index contributed by atoms with van der Waals surface area (Å²) in [5.41, 5.74) is 3.00.